The Kier molecular flexibility index (Phi) is 6.05. The van der Waals surface area contributed by atoms with Crippen molar-refractivity contribution in [3.05, 3.63) is 59.7 Å². The lowest BCUT2D eigenvalue weighted by Gasteiger charge is -2.35. The van der Waals surface area contributed by atoms with E-state index in [4.69, 9.17) is 4.74 Å². The molecule has 0 N–H and O–H groups in total. The molecule has 7 heteroatoms. The van der Waals surface area contributed by atoms with Crippen molar-refractivity contribution in [1.82, 2.24) is 9.21 Å². The summed E-state index contributed by atoms with van der Waals surface area (Å²) < 4.78 is 32.7. The van der Waals surface area contributed by atoms with Gasteiger partial charge in [-0.2, -0.15) is 4.31 Å². The molecule has 1 amide bonds. The lowest BCUT2D eigenvalue weighted by Crippen LogP contribution is -2.53. The Morgan fingerprint density at radius 3 is 2.25 bits per heavy atom. The number of piperazine rings is 1. The molecule has 0 aliphatic carbocycles. The molecule has 0 bridgehead atoms. The van der Waals surface area contributed by atoms with Crippen molar-refractivity contribution in [2.45, 2.75) is 31.8 Å². The van der Waals surface area contributed by atoms with E-state index in [2.05, 4.69) is 0 Å². The van der Waals surface area contributed by atoms with Crippen molar-refractivity contribution < 1.29 is 17.9 Å². The van der Waals surface area contributed by atoms with Crippen molar-refractivity contribution in [1.29, 1.82) is 0 Å². The topological polar surface area (TPSA) is 66.9 Å². The summed E-state index contributed by atoms with van der Waals surface area (Å²) >= 11 is 0. The molecule has 1 saturated heterocycles. The number of ether oxygens (including phenoxy) is 1. The maximum Gasteiger partial charge on any atom is 0.263 e. The second-order valence-corrected chi connectivity index (χ2v) is 8.94. The summed E-state index contributed by atoms with van der Waals surface area (Å²) in [6.07, 6.45) is -0.627. The van der Waals surface area contributed by atoms with Gasteiger partial charge in [0.2, 0.25) is 10.0 Å². The van der Waals surface area contributed by atoms with Gasteiger partial charge in [0, 0.05) is 26.2 Å². The van der Waals surface area contributed by atoms with E-state index >= 15 is 0 Å². The van der Waals surface area contributed by atoms with E-state index in [9.17, 15) is 13.2 Å². The zero-order chi connectivity index (χ0) is 20.3. The average Bonchev–Trinajstić information content (AvgIpc) is 2.71. The summed E-state index contributed by atoms with van der Waals surface area (Å²) in [6.45, 7) is 6.96. The standard InChI is InChI=1S/C21H26N2O4S/c1-16-8-7-11-20(17(16)2)27-18(3)21(24)22-12-14-23(15-13-22)28(25,26)19-9-5-4-6-10-19/h4-11,18H,12-15H2,1-3H3/t18-/m1/s1. The van der Waals surface area contributed by atoms with Crippen molar-refractivity contribution >= 4 is 15.9 Å². The highest BCUT2D eigenvalue weighted by Crippen LogP contribution is 2.23. The predicted molar refractivity (Wildman–Crippen MR) is 108 cm³/mol. The minimum atomic E-state index is -3.53. The van der Waals surface area contributed by atoms with Crippen LogP contribution >= 0.6 is 0 Å². The van der Waals surface area contributed by atoms with Gasteiger partial charge in [0.15, 0.2) is 6.10 Å². The maximum atomic E-state index is 12.8. The van der Waals surface area contributed by atoms with Gasteiger partial charge < -0.3 is 9.64 Å². The van der Waals surface area contributed by atoms with Crippen LogP contribution in [0.4, 0.5) is 0 Å². The van der Waals surface area contributed by atoms with E-state index < -0.39 is 16.1 Å². The van der Waals surface area contributed by atoms with Crippen molar-refractivity contribution in [3.8, 4) is 5.75 Å². The number of amides is 1. The van der Waals surface area contributed by atoms with E-state index in [1.54, 1.807) is 42.2 Å². The summed E-state index contributed by atoms with van der Waals surface area (Å²) in [6, 6.07) is 14.1. The summed E-state index contributed by atoms with van der Waals surface area (Å²) in [4.78, 5) is 14.7. The Morgan fingerprint density at radius 1 is 0.964 bits per heavy atom. The zero-order valence-corrected chi connectivity index (χ0v) is 17.3. The fourth-order valence-corrected chi connectivity index (χ4v) is 4.68. The number of hydrogen-bond donors (Lipinski definition) is 0. The van der Waals surface area contributed by atoms with Gasteiger partial charge in [-0.1, -0.05) is 30.3 Å². The van der Waals surface area contributed by atoms with Crippen LogP contribution in [0.3, 0.4) is 0 Å². The predicted octanol–water partition coefficient (Wildman–Crippen LogP) is 2.60. The highest BCUT2D eigenvalue weighted by Gasteiger charge is 2.32. The molecule has 2 aromatic rings. The monoisotopic (exact) mass is 402 g/mol. The number of sulfonamides is 1. The minimum absolute atomic E-state index is 0.127. The molecule has 0 unspecified atom stereocenters. The smallest absolute Gasteiger partial charge is 0.263 e. The van der Waals surface area contributed by atoms with Crippen LogP contribution in [-0.2, 0) is 14.8 Å². The minimum Gasteiger partial charge on any atom is -0.481 e. The molecule has 1 fully saturated rings. The lowest BCUT2D eigenvalue weighted by molar-refractivity contribution is -0.139. The molecular formula is C21H26N2O4S. The fourth-order valence-electron chi connectivity index (χ4n) is 3.24. The van der Waals surface area contributed by atoms with Crippen molar-refractivity contribution in [2.24, 2.45) is 0 Å². The number of carbonyl (C=O) groups is 1. The van der Waals surface area contributed by atoms with Crippen molar-refractivity contribution in [3.63, 3.8) is 0 Å². The molecule has 0 spiro atoms. The Bertz CT molecular complexity index is 936. The van der Waals surface area contributed by atoms with Gasteiger partial charge in [0.25, 0.3) is 5.91 Å². The molecule has 0 saturated carbocycles. The third-order valence-corrected chi connectivity index (χ3v) is 7.05. The van der Waals surface area contributed by atoms with Crippen molar-refractivity contribution in [2.75, 3.05) is 26.2 Å². The summed E-state index contributed by atoms with van der Waals surface area (Å²) in [5.74, 6) is 0.573. The summed E-state index contributed by atoms with van der Waals surface area (Å²) in [7, 11) is -3.53. The van der Waals surface area contributed by atoms with Gasteiger partial charge >= 0.3 is 0 Å². The number of carbonyl (C=O) groups excluding carboxylic acids is 1. The Labute approximate surface area is 166 Å². The fraction of sp³-hybridized carbons (Fsp3) is 0.381. The molecule has 1 aliphatic heterocycles. The van der Waals surface area contributed by atoms with Gasteiger partial charge in [0.1, 0.15) is 5.75 Å². The van der Waals surface area contributed by atoms with Crippen LogP contribution in [0.15, 0.2) is 53.4 Å². The molecule has 3 rings (SSSR count). The number of rotatable bonds is 5. The van der Waals surface area contributed by atoms with Crippen LogP contribution in [0, 0.1) is 13.8 Å². The van der Waals surface area contributed by atoms with E-state index in [1.165, 1.54) is 4.31 Å². The Morgan fingerprint density at radius 2 is 1.61 bits per heavy atom. The Balaban J connectivity index is 1.61. The third-order valence-electron chi connectivity index (χ3n) is 5.14. The highest BCUT2D eigenvalue weighted by molar-refractivity contribution is 7.89. The van der Waals surface area contributed by atoms with Crippen LogP contribution in [0.25, 0.3) is 0 Å². The van der Waals surface area contributed by atoms with Gasteiger partial charge in [-0.25, -0.2) is 8.42 Å². The molecule has 1 atom stereocenters. The first-order valence-electron chi connectivity index (χ1n) is 9.37. The average molecular weight is 403 g/mol. The largest absolute Gasteiger partial charge is 0.481 e. The molecule has 150 valence electrons. The molecule has 2 aromatic carbocycles. The first-order valence-corrected chi connectivity index (χ1v) is 10.8. The number of nitrogens with zero attached hydrogens (tertiary/aromatic N) is 2. The molecular weight excluding hydrogens is 376 g/mol. The van der Waals surface area contributed by atoms with Crippen LogP contribution in [-0.4, -0.2) is 55.8 Å². The van der Waals surface area contributed by atoms with Crippen LogP contribution in [0.1, 0.15) is 18.1 Å². The molecule has 0 radical (unpaired) electrons. The zero-order valence-electron chi connectivity index (χ0n) is 16.5. The van der Waals surface area contributed by atoms with Crippen LogP contribution in [0.5, 0.6) is 5.75 Å². The first kappa shape index (κ1) is 20.4. The molecule has 0 aromatic heterocycles. The van der Waals surface area contributed by atoms with Gasteiger partial charge in [-0.15, -0.1) is 0 Å². The summed E-state index contributed by atoms with van der Waals surface area (Å²) in [5, 5.41) is 0. The molecule has 28 heavy (non-hydrogen) atoms. The Hall–Kier alpha value is -2.38. The van der Waals surface area contributed by atoms with Gasteiger partial charge in [0.05, 0.1) is 4.90 Å². The number of hydrogen-bond acceptors (Lipinski definition) is 4. The second-order valence-electron chi connectivity index (χ2n) is 7.00. The molecule has 1 heterocycles. The lowest BCUT2D eigenvalue weighted by atomic mass is 10.1. The SMILES string of the molecule is Cc1cccc(O[C@H](C)C(=O)N2CCN(S(=O)(=O)c3ccccc3)CC2)c1C. The number of aryl methyl sites for hydroxylation is 1. The maximum absolute atomic E-state index is 12.8. The van der Waals surface area contributed by atoms with Crippen LogP contribution in [0.2, 0.25) is 0 Å². The van der Waals surface area contributed by atoms with Gasteiger partial charge in [-0.3, -0.25) is 4.79 Å². The number of benzene rings is 2. The van der Waals surface area contributed by atoms with E-state index in [0.717, 1.165) is 11.1 Å². The normalized spacial score (nSPS) is 16.6. The third kappa shape index (κ3) is 4.20. The van der Waals surface area contributed by atoms with Crippen LogP contribution < -0.4 is 4.74 Å². The quantitative estimate of drug-likeness (QED) is 0.771. The van der Waals surface area contributed by atoms with E-state index in [0.29, 0.717) is 18.8 Å². The van der Waals surface area contributed by atoms with E-state index in [-0.39, 0.29) is 23.9 Å². The molecule has 6 nitrogen and oxygen atoms in total. The second kappa shape index (κ2) is 8.32. The van der Waals surface area contributed by atoms with Gasteiger partial charge in [-0.05, 0) is 50.1 Å². The summed E-state index contributed by atoms with van der Waals surface area (Å²) in [5.41, 5.74) is 2.12. The first-order chi connectivity index (χ1) is 13.3. The molecule has 1 aliphatic rings. The van der Waals surface area contributed by atoms with E-state index in [1.807, 2.05) is 32.0 Å². The highest BCUT2D eigenvalue weighted by atomic mass is 32.2.